The third kappa shape index (κ3) is 1.68. The van der Waals surface area contributed by atoms with E-state index in [1.165, 1.54) is 10.9 Å². The van der Waals surface area contributed by atoms with E-state index in [-0.39, 0.29) is 17.5 Å². The van der Waals surface area contributed by atoms with Crippen LogP contribution < -0.4 is 5.73 Å². The highest BCUT2D eigenvalue weighted by Crippen LogP contribution is 2.26. The SMILES string of the molecule is CCC(CC)n1ncc([N+](=O)[O-])c1N. The molecule has 0 unspecified atom stereocenters. The second kappa shape index (κ2) is 4.08. The molecule has 6 heteroatoms. The molecule has 0 aromatic carbocycles. The number of nitro groups is 1. The predicted molar refractivity (Wildman–Crippen MR) is 52.9 cm³/mol. The van der Waals surface area contributed by atoms with Gasteiger partial charge in [-0.25, -0.2) is 4.68 Å². The van der Waals surface area contributed by atoms with Crippen LogP contribution in [-0.4, -0.2) is 14.7 Å². The summed E-state index contributed by atoms with van der Waals surface area (Å²) in [5.74, 6) is 0.142. The molecule has 0 saturated heterocycles. The molecule has 0 amide bonds. The summed E-state index contributed by atoms with van der Waals surface area (Å²) >= 11 is 0. The van der Waals surface area contributed by atoms with E-state index in [0.29, 0.717) is 0 Å². The van der Waals surface area contributed by atoms with Gasteiger partial charge in [0.05, 0.1) is 11.0 Å². The van der Waals surface area contributed by atoms with Gasteiger partial charge < -0.3 is 5.73 Å². The molecular weight excluding hydrogens is 184 g/mol. The molecule has 0 atom stereocenters. The van der Waals surface area contributed by atoms with Gasteiger partial charge in [0.1, 0.15) is 6.20 Å². The van der Waals surface area contributed by atoms with Crippen molar-refractivity contribution in [2.45, 2.75) is 32.7 Å². The van der Waals surface area contributed by atoms with Crippen molar-refractivity contribution in [2.24, 2.45) is 0 Å². The van der Waals surface area contributed by atoms with E-state index in [1.54, 1.807) is 0 Å². The van der Waals surface area contributed by atoms with Crippen LogP contribution in [0.15, 0.2) is 6.20 Å². The summed E-state index contributed by atoms with van der Waals surface area (Å²) in [6.45, 7) is 4.00. The topological polar surface area (TPSA) is 87.0 Å². The van der Waals surface area contributed by atoms with Crippen LogP contribution in [0.5, 0.6) is 0 Å². The van der Waals surface area contributed by atoms with Gasteiger partial charge in [-0.05, 0) is 12.8 Å². The quantitative estimate of drug-likeness (QED) is 0.589. The Labute approximate surface area is 81.9 Å². The Morgan fingerprint density at radius 2 is 2.21 bits per heavy atom. The molecule has 0 aliphatic rings. The summed E-state index contributed by atoms with van der Waals surface area (Å²) < 4.78 is 1.53. The smallest absolute Gasteiger partial charge is 0.330 e. The van der Waals surface area contributed by atoms with Gasteiger partial charge in [0, 0.05) is 0 Å². The first kappa shape index (κ1) is 10.5. The Kier molecular flexibility index (Phi) is 3.06. The van der Waals surface area contributed by atoms with Crippen LogP contribution in [0.4, 0.5) is 11.5 Å². The Hall–Kier alpha value is -1.59. The summed E-state index contributed by atoms with van der Waals surface area (Å²) in [7, 11) is 0. The number of anilines is 1. The van der Waals surface area contributed by atoms with Crippen molar-refractivity contribution >= 4 is 11.5 Å². The average molecular weight is 198 g/mol. The summed E-state index contributed by atoms with van der Waals surface area (Å²) in [5, 5.41) is 14.4. The van der Waals surface area contributed by atoms with Gasteiger partial charge in [-0.15, -0.1) is 0 Å². The molecule has 0 aliphatic carbocycles. The van der Waals surface area contributed by atoms with E-state index in [0.717, 1.165) is 12.8 Å². The Morgan fingerprint density at radius 3 is 2.57 bits per heavy atom. The normalized spacial score (nSPS) is 10.8. The highest BCUT2D eigenvalue weighted by molar-refractivity contribution is 5.51. The maximum Gasteiger partial charge on any atom is 0.330 e. The number of aromatic nitrogens is 2. The summed E-state index contributed by atoms with van der Waals surface area (Å²) in [6, 6.07) is 0.142. The van der Waals surface area contributed by atoms with Crippen LogP contribution in [0.1, 0.15) is 32.7 Å². The van der Waals surface area contributed by atoms with Gasteiger partial charge in [-0.1, -0.05) is 13.8 Å². The van der Waals surface area contributed by atoms with Crippen molar-refractivity contribution in [2.75, 3.05) is 5.73 Å². The van der Waals surface area contributed by atoms with Gasteiger partial charge >= 0.3 is 5.69 Å². The monoisotopic (exact) mass is 198 g/mol. The van der Waals surface area contributed by atoms with Gasteiger partial charge in [0.25, 0.3) is 0 Å². The predicted octanol–water partition coefficient (Wildman–Crippen LogP) is 1.73. The summed E-state index contributed by atoms with van der Waals surface area (Å²) in [6.07, 6.45) is 2.92. The molecule has 0 bridgehead atoms. The van der Waals surface area contributed by atoms with Crippen LogP contribution >= 0.6 is 0 Å². The second-order valence-corrected chi connectivity index (χ2v) is 3.09. The summed E-state index contributed by atoms with van der Waals surface area (Å²) in [5.41, 5.74) is 5.50. The van der Waals surface area contributed by atoms with E-state index >= 15 is 0 Å². The molecule has 1 aromatic heterocycles. The number of nitrogen functional groups attached to an aromatic ring is 1. The molecule has 78 valence electrons. The van der Waals surface area contributed by atoms with Gasteiger partial charge in [-0.3, -0.25) is 10.1 Å². The van der Waals surface area contributed by atoms with E-state index in [1.807, 2.05) is 13.8 Å². The van der Waals surface area contributed by atoms with E-state index in [9.17, 15) is 10.1 Å². The maximum absolute atomic E-state index is 10.5. The third-order valence-electron chi connectivity index (χ3n) is 2.30. The van der Waals surface area contributed by atoms with Gasteiger partial charge in [-0.2, -0.15) is 5.10 Å². The number of nitrogens with zero attached hydrogens (tertiary/aromatic N) is 3. The maximum atomic E-state index is 10.5. The van der Waals surface area contributed by atoms with Crippen molar-refractivity contribution in [1.29, 1.82) is 0 Å². The minimum absolute atomic E-state index is 0.114. The highest BCUT2D eigenvalue weighted by atomic mass is 16.6. The van der Waals surface area contributed by atoms with Crippen molar-refractivity contribution in [1.82, 2.24) is 9.78 Å². The summed E-state index contributed by atoms with van der Waals surface area (Å²) in [4.78, 5) is 9.99. The zero-order chi connectivity index (χ0) is 10.7. The molecule has 1 heterocycles. The lowest BCUT2D eigenvalue weighted by molar-refractivity contribution is -0.384. The molecule has 0 spiro atoms. The molecule has 1 rings (SSSR count). The minimum atomic E-state index is -0.513. The molecule has 6 nitrogen and oxygen atoms in total. The number of hydrogen-bond acceptors (Lipinski definition) is 4. The van der Waals surface area contributed by atoms with Crippen molar-refractivity contribution in [3.63, 3.8) is 0 Å². The second-order valence-electron chi connectivity index (χ2n) is 3.09. The van der Waals surface area contributed by atoms with Gasteiger partial charge in [0.15, 0.2) is 0 Å². The van der Waals surface area contributed by atoms with E-state index < -0.39 is 4.92 Å². The van der Waals surface area contributed by atoms with Gasteiger partial charge in [0.2, 0.25) is 5.82 Å². The average Bonchev–Trinajstić information content (AvgIpc) is 2.51. The first-order chi connectivity index (χ1) is 6.61. The zero-order valence-electron chi connectivity index (χ0n) is 8.30. The fraction of sp³-hybridized carbons (Fsp3) is 0.625. The Morgan fingerprint density at radius 1 is 1.64 bits per heavy atom. The van der Waals surface area contributed by atoms with Crippen LogP contribution in [-0.2, 0) is 0 Å². The van der Waals surface area contributed by atoms with Crippen LogP contribution in [0, 0.1) is 10.1 Å². The minimum Gasteiger partial charge on any atom is -0.378 e. The highest BCUT2D eigenvalue weighted by Gasteiger charge is 2.20. The Balaban J connectivity index is 3.05. The molecule has 14 heavy (non-hydrogen) atoms. The number of nitrogens with two attached hydrogens (primary N) is 1. The fourth-order valence-corrected chi connectivity index (χ4v) is 1.43. The van der Waals surface area contributed by atoms with Crippen molar-refractivity contribution in [3.8, 4) is 0 Å². The van der Waals surface area contributed by atoms with E-state index in [4.69, 9.17) is 5.73 Å². The molecule has 0 aliphatic heterocycles. The number of hydrogen-bond donors (Lipinski definition) is 1. The van der Waals surface area contributed by atoms with E-state index in [2.05, 4.69) is 5.10 Å². The fourth-order valence-electron chi connectivity index (χ4n) is 1.43. The molecule has 0 radical (unpaired) electrons. The molecular formula is C8H14N4O2. The lowest BCUT2D eigenvalue weighted by Crippen LogP contribution is -2.11. The standard InChI is InChI=1S/C8H14N4O2/c1-3-6(4-2)11-8(9)7(5-10-11)12(13)14/h5-6H,3-4,9H2,1-2H3. The number of rotatable bonds is 4. The first-order valence-electron chi connectivity index (χ1n) is 4.59. The molecule has 2 N–H and O–H groups in total. The Bertz CT molecular complexity index is 330. The first-order valence-corrected chi connectivity index (χ1v) is 4.59. The van der Waals surface area contributed by atoms with Crippen LogP contribution in [0.25, 0.3) is 0 Å². The zero-order valence-corrected chi connectivity index (χ0v) is 8.30. The lowest BCUT2D eigenvalue weighted by Gasteiger charge is -2.13. The third-order valence-corrected chi connectivity index (χ3v) is 2.30. The van der Waals surface area contributed by atoms with Crippen molar-refractivity contribution < 1.29 is 4.92 Å². The molecule has 1 aromatic rings. The lowest BCUT2D eigenvalue weighted by atomic mass is 10.2. The molecule has 0 fully saturated rings. The molecule has 0 saturated carbocycles. The van der Waals surface area contributed by atoms with Crippen molar-refractivity contribution in [3.05, 3.63) is 16.3 Å². The van der Waals surface area contributed by atoms with Crippen LogP contribution in [0.3, 0.4) is 0 Å². The largest absolute Gasteiger partial charge is 0.378 e. The van der Waals surface area contributed by atoms with Crippen LogP contribution in [0.2, 0.25) is 0 Å².